The molecule has 1 saturated heterocycles. The molecule has 6 heteroatoms. The number of amides is 1. The Bertz CT molecular complexity index is 1220. The molecular formula is C25H27FN4O. The van der Waals surface area contributed by atoms with Gasteiger partial charge in [0.1, 0.15) is 11.3 Å². The van der Waals surface area contributed by atoms with Gasteiger partial charge in [-0.05, 0) is 69.3 Å². The number of benzene rings is 2. The average Bonchev–Trinajstić information content (AvgIpc) is 3.52. The van der Waals surface area contributed by atoms with Gasteiger partial charge in [-0.1, -0.05) is 18.2 Å². The highest BCUT2D eigenvalue weighted by Crippen LogP contribution is 2.51. The van der Waals surface area contributed by atoms with Crippen LogP contribution in [0.25, 0.3) is 10.9 Å². The molecule has 5 nitrogen and oxygen atoms in total. The van der Waals surface area contributed by atoms with Crippen molar-refractivity contribution in [2.75, 3.05) is 37.4 Å². The van der Waals surface area contributed by atoms with E-state index in [4.69, 9.17) is 1.37 Å². The molecule has 2 heterocycles. The molecule has 2 aliphatic rings. The lowest BCUT2D eigenvalue weighted by Crippen LogP contribution is -2.57. The smallest absolute Gasteiger partial charge is 0.235 e. The van der Waals surface area contributed by atoms with Crippen LogP contribution in [0.1, 0.15) is 25.3 Å². The van der Waals surface area contributed by atoms with E-state index in [1.807, 2.05) is 19.1 Å². The van der Waals surface area contributed by atoms with Crippen LogP contribution in [0.15, 0.2) is 48.6 Å². The van der Waals surface area contributed by atoms with Crippen molar-refractivity contribution in [2.24, 2.45) is 0 Å². The van der Waals surface area contributed by atoms with Crippen LogP contribution in [0.5, 0.6) is 0 Å². The number of aromatic nitrogens is 1. The number of fused-ring (bicyclic) bond motifs is 1. The number of nitrogens with zero attached hydrogens (tertiary/aromatic N) is 3. The minimum atomic E-state index is -0.750. The van der Waals surface area contributed by atoms with E-state index in [0.29, 0.717) is 29.8 Å². The standard InChI is InChI=1S/C25H27FN4O/c1-16-6-7-17(30-14-18(15-30)29(2)3)13-22(16)28-24(31)25(10-11-25)20-8-9-21(26)23-19(20)5-4-12-27-23/h4-9,12-13,18H,10-11,14-15H2,1-3H3,(H,28,31)/i5D. The second kappa shape index (κ2) is 7.31. The zero-order valence-electron chi connectivity index (χ0n) is 19.1. The van der Waals surface area contributed by atoms with Crippen LogP contribution >= 0.6 is 0 Å². The van der Waals surface area contributed by atoms with E-state index < -0.39 is 11.2 Å². The third kappa shape index (κ3) is 3.35. The lowest BCUT2D eigenvalue weighted by Gasteiger charge is -2.44. The molecule has 0 spiro atoms. The molecule has 1 saturated carbocycles. The fourth-order valence-corrected chi connectivity index (χ4v) is 4.39. The number of carbonyl (C=O) groups excluding carboxylic acids is 1. The Morgan fingerprint density at radius 1 is 1.29 bits per heavy atom. The summed E-state index contributed by atoms with van der Waals surface area (Å²) in [7, 11) is 4.18. The summed E-state index contributed by atoms with van der Waals surface area (Å²) in [6, 6.07) is 11.4. The predicted octanol–water partition coefficient (Wildman–Crippen LogP) is 4.10. The largest absolute Gasteiger partial charge is 0.368 e. The van der Waals surface area contributed by atoms with Gasteiger partial charge in [0.05, 0.1) is 6.79 Å². The Hall–Kier alpha value is -2.99. The molecule has 1 amide bonds. The highest BCUT2D eigenvalue weighted by Gasteiger charge is 2.52. The van der Waals surface area contributed by atoms with Gasteiger partial charge in [-0.2, -0.15) is 0 Å². The quantitative estimate of drug-likeness (QED) is 0.676. The molecule has 160 valence electrons. The third-order valence-corrected chi connectivity index (χ3v) is 6.76. The van der Waals surface area contributed by atoms with Gasteiger partial charge in [0.2, 0.25) is 5.91 Å². The monoisotopic (exact) mass is 419 g/mol. The fourth-order valence-electron chi connectivity index (χ4n) is 4.39. The van der Waals surface area contributed by atoms with Gasteiger partial charge in [0.15, 0.2) is 0 Å². The van der Waals surface area contributed by atoms with Crippen molar-refractivity contribution in [2.45, 2.75) is 31.2 Å². The molecule has 0 unspecified atom stereocenters. The first-order valence-corrected chi connectivity index (χ1v) is 10.7. The van der Waals surface area contributed by atoms with Gasteiger partial charge in [0, 0.05) is 42.1 Å². The van der Waals surface area contributed by atoms with Crippen LogP contribution in [0.2, 0.25) is 0 Å². The molecule has 0 atom stereocenters. The number of halogens is 1. The predicted molar refractivity (Wildman–Crippen MR) is 122 cm³/mol. The summed E-state index contributed by atoms with van der Waals surface area (Å²) in [5.74, 6) is -0.577. The Morgan fingerprint density at radius 2 is 2.06 bits per heavy atom. The van der Waals surface area contributed by atoms with Crippen molar-refractivity contribution >= 4 is 28.2 Å². The van der Waals surface area contributed by atoms with Crippen LogP contribution in [-0.4, -0.2) is 49.0 Å². The number of anilines is 2. The van der Waals surface area contributed by atoms with Crippen molar-refractivity contribution in [3.8, 4) is 0 Å². The maximum atomic E-state index is 14.3. The number of rotatable bonds is 5. The average molecular weight is 420 g/mol. The molecule has 1 N–H and O–H groups in total. The van der Waals surface area contributed by atoms with E-state index in [1.165, 1.54) is 12.3 Å². The summed E-state index contributed by atoms with van der Waals surface area (Å²) >= 11 is 0. The molecule has 1 aromatic heterocycles. The van der Waals surface area contributed by atoms with Gasteiger partial charge >= 0.3 is 0 Å². The number of nitrogens with one attached hydrogen (secondary N) is 1. The number of carbonyl (C=O) groups is 1. The van der Waals surface area contributed by atoms with E-state index in [2.05, 4.69) is 40.3 Å². The van der Waals surface area contributed by atoms with Crippen molar-refractivity contribution < 1.29 is 10.6 Å². The van der Waals surface area contributed by atoms with Crippen LogP contribution in [0, 0.1) is 12.7 Å². The summed E-state index contributed by atoms with van der Waals surface area (Å²) in [5.41, 5.74) is 2.98. The molecule has 2 aromatic carbocycles. The Kier molecular flexibility index (Phi) is 4.42. The highest BCUT2D eigenvalue weighted by molar-refractivity contribution is 6.05. The van der Waals surface area contributed by atoms with Crippen LogP contribution in [0.3, 0.4) is 0 Å². The van der Waals surface area contributed by atoms with E-state index in [-0.39, 0.29) is 17.5 Å². The number of pyridine rings is 1. The highest BCUT2D eigenvalue weighted by atomic mass is 19.1. The summed E-state index contributed by atoms with van der Waals surface area (Å²) in [5, 5.41) is 3.57. The van der Waals surface area contributed by atoms with Crippen molar-refractivity contribution in [1.29, 1.82) is 0 Å². The number of aryl methyl sites for hydroxylation is 1. The van der Waals surface area contributed by atoms with Gasteiger partial charge in [-0.3, -0.25) is 9.78 Å². The Balaban J connectivity index is 1.44. The van der Waals surface area contributed by atoms with Crippen molar-refractivity contribution in [3.05, 3.63) is 65.6 Å². The second-order valence-electron chi connectivity index (χ2n) is 8.97. The minimum Gasteiger partial charge on any atom is -0.368 e. The van der Waals surface area contributed by atoms with Gasteiger partial charge < -0.3 is 15.1 Å². The van der Waals surface area contributed by atoms with Crippen LogP contribution in [0.4, 0.5) is 15.8 Å². The topological polar surface area (TPSA) is 48.5 Å². The van der Waals surface area contributed by atoms with Crippen LogP contribution < -0.4 is 10.2 Å². The first-order chi connectivity index (χ1) is 15.3. The molecule has 3 aromatic rings. The normalized spacial score (nSPS) is 18.1. The minimum absolute atomic E-state index is 0.108. The molecule has 0 bridgehead atoms. The van der Waals surface area contributed by atoms with E-state index >= 15 is 0 Å². The summed E-state index contributed by atoms with van der Waals surface area (Å²) in [6.45, 7) is 3.92. The first kappa shape index (κ1) is 18.8. The van der Waals surface area contributed by atoms with E-state index in [9.17, 15) is 9.18 Å². The lowest BCUT2D eigenvalue weighted by atomic mass is 9.91. The summed E-state index contributed by atoms with van der Waals surface area (Å²) in [6.07, 6.45) is 2.77. The Morgan fingerprint density at radius 3 is 2.77 bits per heavy atom. The van der Waals surface area contributed by atoms with Gasteiger partial charge in [-0.25, -0.2) is 4.39 Å². The summed E-state index contributed by atoms with van der Waals surface area (Å²) in [4.78, 5) is 22.2. The second-order valence-corrected chi connectivity index (χ2v) is 8.97. The maximum Gasteiger partial charge on any atom is 0.235 e. The molecule has 1 aliphatic carbocycles. The van der Waals surface area contributed by atoms with Gasteiger partial charge in [-0.15, -0.1) is 0 Å². The number of hydrogen-bond donors (Lipinski definition) is 1. The zero-order chi connectivity index (χ0) is 22.6. The fraction of sp³-hybridized carbons (Fsp3) is 0.360. The SMILES string of the molecule is [2H]c1ccnc2c(F)ccc(C3(C(=O)Nc4cc(N5CC(N(C)C)C5)ccc4C)CC3)c12. The van der Waals surface area contributed by atoms with Crippen molar-refractivity contribution in [1.82, 2.24) is 9.88 Å². The summed E-state index contributed by atoms with van der Waals surface area (Å²) < 4.78 is 22.6. The number of hydrogen-bond acceptors (Lipinski definition) is 4. The Labute approximate surface area is 183 Å². The van der Waals surface area contributed by atoms with Crippen molar-refractivity contribution in [3.63, 3.8) is 0 Å². The zero-order valence-corrected chi connectivity index (χ0v) is 18.1. The molecule has 2 fully saturated rings. The lowest BCUT2D eigenvalue weighted by molar-refractivity contribution is -0.118. The van der Waals surface area contributed by atoms with Crippen LogP contribution in [-0.2, 0) is 10.2 Å². The van der Waals surface area contributed by atoms with Gasteiger partial charge in [0.25, 0.3) is 0 Å². The maximum absolute atomic E-state index is 14.3. The van der Waals surface area contributed by atoms with E-state index in [1.54, 1.807) is 12.1 Å². The third-order valence-electron chi connectivity index (χ3n) is 6.76. The molecule has 31 heavy (non-hydrogen) atoms. The molecule has 0 radical (unpaired) electrons. The number of likely N-dealkylation sites (N-methyl/N-ethyl adjacent to an activating group) is 1. The molecule has 1 aliphatic heterocycles. The molecule has 5 rings (SSSR count). The molecular weight excluding hydrogens is 391 g/mol. The van der Waals surface area contributed by atoms with E-state index in [0.717, 1.165) is 30.0 Å². The first-order valence-electron chi connectivity index (χ1n) is 11.2.